The number of aryl methyl sites for hydroxylation is 5. The van der Waals surface area contributed by atoms with E-state index in [9.17, 15) is 9.59 Å². The smallest absolute Gasteiger partial charge is 0.230 e. The summed E-state index contributed by atoms with van der Waals surface area (Å²) in [7, 11) is 0. The lowest BCUT2D eigenvalue weighted by Crippen LogP contribution is -2.28. The summed E-state index contributed by atoms with van der Waals surface area (Å²) in [6.45, 7) is 10.4. The summed E-state index contributed by atoms with van der Waals surface area (Å²) in [6.07, 6.45) is 3.32. The highest BCUT2D eigenvalue weighted by molar-refractivity contribution is 6.03. The molecule has 1 aliphatic rings. The van der Waals surface area contributed by atoms with E-state index in [4.69, 9.17) is 0 Å². The van der Waals surface area contributed by atoms with Crippen molar-refractivity contribution in [2.24, 2.45) is 5.92 Å². The summed E-state index contributed by atoms with van der Waals surface area (Å²) in [5, 5.41) is 12.9. The third-order valence-electron chi connectivity index (χ3n) is 7.66. The van der Waals surface area contributed by atoms with Crippen molar-refractivity contribution >= 4 is 34.4 Å². The molecule has 1 saturated heterocycles. The molecule has 0 bridgehead atoms. The van der Waals surface area contributed by atoms with E-state index in [2.05, 4.69) is 51.5 Å². The molecular weight excluding hydrogens is 504 g/mol. The minimum atomic E-state index is -0.490. The van der Waals surface area contributed by atoms with Crippen LogP contribution in [0.1, 0.15) is 34.4 Å². The molecule has 2 amide bonds. The summed E-state index contributed by atoms with van der Waals surface area (Å²) in [6, 6.07) is 13.8. The fourth-order valence-corrected chi connectivity index (χ4v) is 5.05. The molecule has 5 aromatic rings. The summed E-state index contributed by atoms with van der Waals surface area (Å²) in [5.74, 6) is 0.179. The highest BCUT2D eigenvalue weighted by Crippen LogP contribution is 2.29. The molecule has 1 N–H and O–H groups in total. The topological polar surface area (TPSA) is 111 Å². The standard InChI is InChI=1S/C30H30N8O2/c1-17-6-8-23(10-19(17)3)36-15-22(13-27(36)39)30(40)34-26-12-21(5)35-38(26)29-25-14-33-37(28(25)31-16-32-29)24-9-7-18(2)20(4)11-24/h6-12,14,16,22H,13,15H2,1-5H3,(H,34,40). The molecule has 0 saturated carbocycles. The third-order valence-corrected chi connectivity index (χ3v) is 7.66. The Morgan fingerprint density at radius 1 is 0.875 bits per heavy atom. The second kappa shape index (κ2) is 9.71. The van der Waals surface area contributed by atoms with Crippen LogP contribution in [0, 0.1) is 40.5 Å². The zero-order valence-electron chi connectivity index (χ0n) is 23.1. The molecule has 1 unspecified atom stereocenters. The highest BCUT2D eigenvalue weighted by Gasteiger charge is 2.35. The summed E-state index contributed by atoms with van der Waals surface area (Å²) < 4.78 is 3.37. The lowest BCUT2D eigenvalue weighted by Gasteiger charge is -2.18. The van der Waals surface area contributed by atoms with Gasteiger partial charge in [0.25, 0.3) is 0 Å². The molecule has 10 heteroatoms. The average molecular weight is 535 g/mol. The normalized spacial score (nSPS) is 15.3. The molecule has 2 aromatic carbocycles. The molecule has 0 radical (unpaired) electrons. The van der Waals surface area contributed by atoms with Gasteiger partial charge >= 0.3 is 0 Å². The van der Waals surface area contributed by atoms with Gasteiger partial charge in [0.05, 0.1) is 28.9 Å². The minimum Gasteiger partial charge on any atom is -0.312 e. The average Bonchev–Trinajstić information content (AvgIpc) is 3.63. The van der Waals surface area contributed by atoms with Gasteiger partial charge < -0.3 is 10.2 Å². The van der Waals surface area contributed by atoms with E-state index < -0.39 is 5.92 Å². The van der Waals surface area contributed by atoms with Gasteiger partial charge in [-0.05, 0) is 81.1 Å². The number of hydrogen-bond acceptors (Lipinski definition) is 6. The molecule has 10 nitrogen and oxygen atoms in total. The molecule has 6 rings (SSSR count). The molecule has 40 heavy (non-hydrogen) atoms. The van der Waals surface area contributed by atoms with Gasteiger partial charge in [0.1, 0.15) is 12.1 Å². The SMILES string of the molecule is Cc1cc(NC(=O)C2CC(=O)N(c3ccc(C)c(C)c3)C2)n(-c2ncnc3c2cnn3-c2ccc(C)c(C)c2)n1. The van der Waals surface area contributed by atoms with Gasteiger partial charge in [-0.25, -0.2) is 14.6 Å². The van der Waals surface area contributed by atoms with Crippen LogP contribution < -0.4 is 10.2 Å². The Kier molecular flexibility index (Phi) is 6.17. The first-order chi connectivity index (χ1) is 19.2. The van der Waals surface area contributed by atoms with Gasteiger partial charge in [0.2, 0.25) is 11.8 Å². The predicted molar refractivity (Wildman–Crippen MR) is 153 cm³/mol. The van der Waals surface area contributed by atoms with Gasteiger partial charge in [-0.15, -0.1) is 0 Å². The Bertz CT molecular complexity index is 1800. The number of hydrogen-bond donors (Lipinski definition) is 1. The van der Waals surface area contributed by atoms with Crippen LogP contribution in [0.5, 0.6) is 0 Å². The van der Waals surface area contributed by atoms with E-state index in [1.54, 1.807) is 26.5 Å². The number of anilines is 2. The van der Waals surface area contributed by atoms with Gasteiger partial charge in [-0.3, -0.25) is 9.59 Å². The number of carbonyl (C=O) groups is 2. The first-order valence-corrected chi connectivity index (χ1v) is 13.2. The Morgan fingerprint density at radius 3 is 2.30 bits per heavy atom. The highest BCUT2D eigenvalue weighted by atomic mass is 16.2. The Labute approximate surface area is 231 Å². The maximum Gasteiger partial charge on any atom is 0.230 e. The third kappa shape index (κ3) is 4.41. The van der Waals surface area contributed by atoms with Crippen LogP contribution in [0.15, 0.2) is 55.0 Å². The van der Waals surface area contributed by atoms with Crippen LogP contribution in [-0.4, -0.2) is 47.9 Å². The molecule has 3 aromatic heterocycles. The Morgan fingerprint density at radius 2 is 1.57 bits per heavy atom. The first-order valence-electron chi connectivity index (χ1n) is 13.2. The fourth-order valence-electron chi connectivity index (χ4n) is 5.05. The predicted octanol–water partition coefficient (Wildman–Crippen LogP) is 4.53. The van der Waals surface area contributed by atoms with Crippen LogP contribution in [0.2, 0.25) is 0 Å². The van der Waals surface area contributed by atoms with Crippen molar-refractivity contribution in [2.45, 2.75) is 41.0 Å². The van der Waals surface area contributed by atoms with E-state index in [0.29, 0.717) is 34.9 Å². The van der Waals surface area contributed by atoms with Crippen molar-refractivity contribution in [3.63, 3.8) is 0 Å². The van der Waals surface area contributed by atoms with Crippen molar-refractivity contribution in [2.75, 3.05) is 16.8 Å². The monoisotopic (exact) mass is 534 g/mol. The van der Waals surface area contributed by atoms with Gasteiger partial charge in [-0.1, -0.05) is 12.1 Å². The maximum atomic E-state index is 13.4. The van der Waals surface area contributed by atoms with Crippen molar-refractivity contribution in [1.82, 2.24) is 29.5 Å². The second-order valence-electron chi connectivity index (χ2n) is 10.5. The lowest BCUT2D eigenvalue weighted by atomic mass is 10.1. The number of rotatable bonds is 5. The van der Waals surface area contributed by atoms with Gasteiger partial charge in [0, 0.05) is 24.7 Å². The Hall–Kier alpha value is -4.86. The largest absolute Gasteiger partial charge is 0.312 e. The molecule has 1 aliphatic heterocycles. The minimum absolute atomic E-state index is 0.0654. The van der Waals surface area contributed by atoms with E-state index in [0.717, 1.165) is 28.1 Å². The van der Waals surface area contributed by atoms with Crippen molar-refractivity contribution in [1.29, 1.82) is 0 Å². The molecule has 0 spiro atoms. The zero-order chi connectivity index (χ0) is 28.1. The number of carbonyl (C=O) groups excluding carboxylic acids is 2. The first kappa shape index (κ1) is 25.4. The maximum absolute atomic E-state index is 13.4. The van der Waals surface area contributed by atoms with Crippen molar-refractivity contribution < 1.29 is 9.59 Å². The summed E-state index contributed by atoms with van der Waals surface area (Å²) in [4.78, 5) is 36.9. The molecule has 1 fully saturated rings. The van der Waals surface area contributed by atoms with Gasteiger partial charge in [-0.2, -0.15) is 14.9 Å². The van der Waals surface area contributed by atoms with E-state index in [1.807, 2.05) is 45.0 Å². The van der Waals surface area contributed by atoms with Crippen LogP contribution >= 0.6 is 0 Å². The lowest BCUT2D eigenvalue weighted by molar-refractivity contribution is -0.122. The summed E-state index contributed by atoms with van der Waals surface area (Å²) in [5.41, 5.74) is 7.67. The van der Waals surface area contributed by atoms with Crippen molar-refractivity contribution in [3.05, 3.63) is 82.9 Å². The second-order valence-corrected chi connectivity index (χ2v) is 10.5. The molecule has 0 aliphatic carbocycles. The molecule has 1 atom stereocenters. The number of aromatic nitrogens is 6. The van der Waals surface area contributed by atoms with E-state index in [1.165, 1.54) is 11.9 Å². The molecular formula is C30H30N8O2. The number of benzene rings is 2. The Balaban J connectivity index is 1.28. The summed E-state index contributed by atoms with van der Waals surface area (Å²) >= 11 is 0. The number of amides is 2. The zero-order valence-corrected chi connectivity index (χ0v) is 23.1. The molecule has 4 heterocycles. The van der Waals surface area contributed by atoms with Crippen LogP contribution in [0.25, 0.3) is 22.5 Å². The van der Waals surface area contributed by atoms with Crippen LogP contribution in [0.4, 0.5) is 11.5 Å². The van der Waals surface area contributed by atoms with Gasteiger partial charge in [0.15, 0.2) is 11.5 Å². The fraction of sp³-hybridized carbons (Fsp3) is 0.267. The van der Waals surface area contributed by atoms with E-state index >= 15 is 0 Å². The number of nitrogens with one attached hydrogen (secondary N) is 1. The van der Waals surface area contributed by atoms with E-state index in [-0.39, 0.29) is 18.2 Å². The van der Waals surface area contributed by atoms with Crippen LogP contribution in [-0.2, 0) is 9.59 Å². The van der Waals surface area contributed by atoms with Crippen molar-refractivity contribution in [3.8, 4) is 11.5 Å². The molecule has 202 valence electrons. The quantitative estimate of drug-likeness (QED) is 0.355. The van der Waals surface area contributed by atoms with Crippen LogP contribution in [0.3, 0.4) is 0 Å². The number of fused-ring (bicyclic) bond motifs is 1. The number of nitrogens with zero attached hydrogens (tertiary/aromatic N) is 7.